The predicted octanol–water partition coefficient (Wildman–Crippen LogP) is 4.27. The second-order valence-electron chi connectivity index (χ2n) is 6.89. The number of fused-ring (bicyclic) bond motifs is 1. The Kier molecular flexibility index (Phi) is 5.07. The molecule has 0 aromatic heterocycles. The number of carbonyl (C=O) groups is 1. The van der Waals surface area contributed by atoms with Crippen LogP contribution in [0.15, 0.2) is 60.7 Å². The Morgan fingerprint density at radius 3 is 2.56 bits per heavy atom. The molecule has 1 heterocycles. The van der Waals surface area contributed by atoms with Gasteiger partial charge in [0.05, 0.1) is 7.11 Å². The molecule has 0 aliphatic carbocycles. The summed E-state index contributed by atoms with van der Waals surface area (Å²) >= 11 is 0. The molecule has 0 saturated carbocycles. The van der Waals surface area contributed by atoms with Crippen LogP contribution in [0.2, 0.25) is 0 Å². The van der Waals surface area contributed by atoms with Gasteiger partial charge in [0.2, 0.25) is 5.91 Å². The van der Waals surface area contributed by atoms with Gasteiger partial charge in [-0.15, -0.1) is 0 Å². The van der Waals surface area contributed by atoms with E-state index in [2.05, 4.69) is 47.8 Å². The van der Waals surface area contributed by atoms with Crippen LogP contribution in [0.1, 0.15) is 24.0 Å². The zero-order chi connectivity index (χ0) is 18.6. The number of hydrogen-bond donors (Lipinski definition) is 1. The van der Waals surface area contributed by atoms with Crippen molar-refractivity contribution in [3.05, 3.63) is 71.8 Å². The summed E-state index contributed by atoms with van der Waals surface area (Å²) in [5, 5.41) is 5.95. The van der Waals surface area contributed by atoms with Gasteiger partial charge >= 0.3 is 0 Å². The highest BCUT2D eigenvalue weighted by molar-refractivity contribution is 5.95. The minimum absolute atomic E-state index is 0.226. The van der Waals surface area contributed by atoms with Crippen molar-refractivity contribution < 1.29 is 9.53 Å². The number of benzene rings is 3. The topological polar surface area (TPSA) is 41.6 Å². The van der Waals surface area contributed by atoms with E-state index in [4.69, 9.17) is 4.74 Å². The maximum absolute atomic E-state index is 11.9. The van der Waals surface area contributed by atoms with E-state index in [0.29, 0.717) is 6.42 Å². The minimum Gasteiger partial charge on any atom is -0.496 e. The van der Waals surface area contributed by atoms with Crippen LogP contribution in [0, 0.1) is 0 Å². The monoisotopic (exact) mass is 360 g/mol. The maximum Gasteiger partial charge on any atom is 0.227 e. The van der Waals surface area contributed by atoms with Gasteiger partial charge < -0.3 is 15.0 Å². The fourth-order valence-corrected chi connectivity index (χ4v) is 3.74. The molecule has 4 nitrogen and oxygen atoms in total. The fraction of sp³-hybridized carbons (Fsp3) is 0.261. The highest BCUT2D eigenvalue weighted by atomic mass is 16.5. The van der Waals surface area contributed by atoms with E-state index < -0.39 is 0 Å². The van der Waals surface area contributed by atoms with Crippen molar-refractivity contribution in [2.75, 3.05) is 18.6 Å². The molecule has 1 fully saturated rings. The number of hydrogen-bond acceptors (Lipinski definition) is 3. The highest BCUT2D eigenvalue weighted by Crippen LogP contribution is 2.28. The number of carbonyl (C=O) groups excluding carboxylic acids is 1. The van der Waals surface area contributed by atoms with Gasteiger partial charge in [0, 0.05) is 37.3 Å². The first-order valence-electron chi connectivity index (χ1n) is 9.41. The van der Waals surface area contributed by atoms with Crippen LogP contribution in [0.3, 0.4) is 0 Å². The van der Waals surface area contributed by atoms with Gasteiger partial charge in [0.25, 0.3) is 0 Å². The van der Waals surface area contributed by atoms with Gasteiger partial charge in [0.1, 0.15) is 5.75 Å². The van der Waals surface area contributed by atoms with Crippen molar-refractivity contribution in [1.29, 1.82) is 0 Å². The summed E-state index contributed by atoms with van der Waals surface area (Å²) < 4.78 is 5.56. The third-order valence-corrected chi connectivity index (χ3v) is 5.17. The lowest BCUT2D eigenvalue weighted by molar-refractivity contribution is -0.117. The molecule has 1 amide bonds. The molecule has 4 rings (SSSR count). The number of amides is 1. The average molecular weight is 360 g/mol. The van der Waals surface area contributed by atoms with E-state index in [-0.39, 0.29) is 5.91 Å². The van der Waals surface area contributed by atoms with Gasteiger partial charge in [-0.25, -0.2) is 0 Å². The molecule has 0 bridgehead atoms. The lowest BCUT2D eigenvalue weighted by atomic mass is 10.0. The van der Waals surface area contributed by atoms with Crippen molar-refractivity contribution in [2.45, 2.75) is 25.9 Å². The third-order valence-electron chi connectivity index (χ3n) is 5.17. The van der Waals surface area contributed by atoms with Crippen molar-refractivity contribution in [1.82, 2.24) is 5.32 Å². The second-order valence-corrected chi connectivity index (χ2v) is 6.89. The lowest BCUT2D eigenvalue weighted by Gasteiger charge is -2.16. The summed E-state index contributed by atoms with van der Waals surface area (Å²) in [6.45, 7) is 2.33. The molecule has 138 valence electrons. The van der Waals surface area contributed by atoms with Gasteiger partial charge in [-0.1, -0.05) is 42.5 Å². The van der Waals surface area contributed by atoms with E-state index in [9.17, 15) is 4.79 Å². The minimum atomic E-state index is 0.226. The van der Waals surface area contributed by atoms with Crippen LogP contribution in [-0.4, -0.2) is 19.6 Å². The van der Waals surface area contributed by atoms with Crippen molar-refractivity contribution in [3.8, 4) is 5.75 Å². The number of nitrogens with zero attached hydrogens (tertiary/aromatic N) is 1. The summed E-state index contributed by atoms with van der Waals surface area (Å²) in [6, 6.07) is 20.8. The Labute approximate surface area is 159 Å². The first-order valence-corrected chi connectivity index (χ1v) is 9.41. The normalized spacial score (nSPS) is 14.1. The number of rotatable bonds is 6. The fourth-order valence-electron chi connectivity index (χ4n) is 3.74. The Morgan fingerprint density at radius 2 is 1.81 bits per heavy atom. The Bertz CT molecular complexity index is 950. The van der Waals surface area contributed by atoms with Crippen molar-refractivity contribution >= 4 is 22.4 Å². The molecular formula is C23H24N2O2. The summed E-state index contributed by atoms with van der Waals surface area (Å²) in [7, 11) is 1.71. The van der Waals surface area contributed by atoms with E-state index >= 15 is 0 Å². The largest absolute Gasteiger partial charge is 0.496 e. The lowest BCUT2D eigenvalue weighted by Crippen LogP contribution is -2.23. The summed E-state index contributed by atoms with van der Waals surface area (Å²) in [6.07, 6.45) is 1.62. The number of methoxy groups -OCH3 is 1. The van der Waals surface area contributed by atoms with Gasteiger partial charge in [-0.3, -0.25) is 4.79 Å². The molecule has 1 aliphatic heterocycles. The van der Waals surface area contributed by atoms with Crippen LogP contribution in [0.25, 0.3) is 10.8 Å². The van der Waals surface area contributed by atoms with Crippen LogP contribution in [0.4, 0.5) is 5.69 Å². The van der Waals surface area contributed by atoms with E-state index in [0.717, 1.165) is 37.5 Å². The first kappa shape index (κ1) is 17.6. The number of ether oxygens (including phenoxy) is 1. The van der Waals surface area contributed by atoms with Crippen LogP contribution < -0.4 is 15.0 Å². The Balaban J connectivity index is 1.44. The quantitative estimate of drug-likeness (QED) is 0.714. The van der Waals surface area contributed by atoms with Gasteiger partial charge in [-0.05, 0) is 41.0 Å². The van der Waals surface area contributed by atoms with Crippen molar-refractivity contribution in [3.63, 3.8) is 0 Å². The van der Waals surface area contributed by atoms with Gasteiger partial charge in [0.15, 0.2) is 0 Å². The summed E-state index contributed by atoms with van der Waals surface area (Å²) in [5.41, 5.74) is 3.37. The Hall–Kier alpha value is -2.85. The van der Waals surface area contributed by atoms with Crippen LogP contribution in [-0.2, 0) is 17.9 Å². The first-order chi connectivity index (χ1) is 13.3. The maximum atomic E-state index is 11.9. The smallest absolute Gasteiger partial charge is 0.227 e. The zero-order valence-corrected chi connectivity index (χ0v) is 15.6. The predicted molar refractivity (Wildman–Crippen MR) is 109 cm³/mol. The second kappa shape index (κ2) is 7.80. The standard InChI is InChI=1S/C23H24N2O2/c1-27-22-13-10-18-5-2-3-6-20(18)21(22)16-24-15-17-8-11-19(12-9-17)25-14-4-7-23(25)26/h2-3,5-6,8-13,24H,4,7,14-16H2,1H3. The number of nitrogens with one attached hydrogen (secondary N) is 1. The SMILES string of the molecule is COc1ccc2ccccc2c1CNCc1ccc(N2CCCC2=O)cc1. The van der Waals surface area contributed by atoms with E-state index in [1.165, 1.54) is 21.9 Å². The molecule has 1 saturated heterocycles. The van der Waals surface area contributed by atoms with E-state index in [1.54, 1.807) is 7.11 Å². The molecule has 1 N–H and O–H groups in total. The van der Waals surface area contributed by atoms with Gasteiger partial charge in [-0.2, -0.15) is 0 Å². The highest BCUT2D eigenvalue weighted by Gasteiger charge is 2.21. The third kappa shape index (κ3) is 3.67. The number of anilines is 1. The summed E-state index contributed by atoms with van der Waals surface area (Å²) in [4.78, 5) is 13.7. The van der Waals surface area contributed by atoms with Crippen LogP contribution >= 0.6 is 0 Å². The van der Waals surface area contributed by atoms with Crippen molar-refractivity contribution in [2.24, 2.45) is 0 Å². The molecule has 0 unspecified atom stereocenters. The molecule has 3 aromatic carbocycles. The molecule has 0 spiro atoms. The average Bonchev–Trinajstić information content (AvgIpc) is 3.14. The molecule has 0 radical (unpaired) electrons. The molecule has 1 aliphatic rings. The molecule has 3 aromatic rings. The zero-order valence-electron chi connectivity index (χ0n) is 15.6. The Morgan fingerprint density at radius 1 is 1.00 bits per heavy atom. The molecule has 27 heavy (non-hydrogen) atoms. The molecule has 4 heteroatoms. The van der Waals surface area contributed by atoms with Crippen LogP contribution in [0.5, 0.6) is 5.75 Å². The molecule has 0 atom stereocenters. The summed E-state index contributed by atoms with van der Waals surface area (Å²) in [5.74, 6) is 1.13. The molecular weight excluding hydrogens is 336 g/mol. The van der Waals surface area contributed by atoms with E-state index in [1.807, 2.05) is 23.1 Å².